The highest BCUT2D eigenvalue weighted by Gasteiger charge is 2.29. The first-order valence-corrected chi connectivity index (χ1v) is 7.86. The average molecular weight is 284 g/mol. The Kier molecular flexibility index (Phi) is 4.13. The Morgan fingerprint density at radius 1 is 1.37 bits per heavy atom. The number of hydrogen-bond acceptors (Lipinski definition) is 4. The third-order valence-corrected chi connectivity index (χ3v) is 5.61. The predicted octanol–water partition coefficient (Wildman–Crippen LogP) is 0.970. The molecule has 1 saturated heterocycles. The molecule has 1 heterocycles. The normalized spacial score (nSPS) is 18.6. The predicted molar refractivity (Wildman–Crippen MR) is 74.2 cm³/mol. The molecule has 0 spiro atoms. The van der Waals surface area contributed by atoms with Gasteiger partial charge in [-0.05, 0) is 49.4 Å². The molecule has 0 unspecified atom stereocenters. The van der Waals surface area contributed by atoms with E-state index >= 15 is 0 Å². The molecule has 5 nitrogen and oxygen atoms in total. The first-order valence-electron chi connectivity index (χ1n) is 6.42. The number of nitrogens with zero attached hydrogens (tertiary/aromatic N) is 1. The van der Waals surface area contributed by atoms with Crippen LogP contribution >= 0.6 is 0 Å². The molecule has 0 amide bonds. The molecule has 106 valence electrons. The molecule has 1 aromatic carbocycles. The molecule has 1 fully saturated rings. The van der Waals surface area contributed by atoms with Gasteiger partial charge < -0.3 is 10.8 Å². The maximum Gasteiger partial charge on any atom is 0.243 e. The van der Waals surface area contributed by atoms with E-state index in [1.807, 2.05) is 0 Å². The van der Waals surface area contributed by atoms with Crippen molar-refractivity contribution < 1.29 is 13.5 Å². The zero-order chi connectivity index (χ0) is 14.0. The van der Waals surface area contributed by atoms with Gasteiger partial charge in [0.25, 0.3) is 0 Å². The van der Waals surface area contributed by atoms with Crippen LogP contribution in [0, 0.1) is 12.8 Å². The highest BCUT2D eigenvalue weighted by Crippen LogP contribution is 2.25. The Morgan fingerprint density at radius 3 is 2.53 bits per heavy atom. The van der Waals surface area contributed by atoms with Gasteiger partial charge in [0, 0.05) is 25.4 Å². The van der Waals surface area contributed by atoms with Gasteiger partial charge in [-0.3, -0.25) is 0 Å². The largest absolute Gasteiger partial charge is 0.399 e. The van der Waals surface area contributed by atoms with Gasteiger partial charge in [0.05, 0.1) is 4.90 Å². The number of anilines is 1. The summed E-state index contributed by atoms with van der Waals surface area (Å²) in [4.78, 5) is 0.293. The minimum absolute atomic E-state index is 0.134. The van der Waals surface area contributed by atoms with E-state index in [1.165, 1.54) is 4.31 Å². The van der Waals surface area contributed by atoms with Crippen LogP contribution in [-0.4, -0.2) is 37.5 Å². The Balaban J connectivity index is 2.21. The number of benzene rings is 1. The topological polar surface area (TPSA) is 83.6 Å². The molecule has 1 aromatic rings. The Bertz CT molecular complexity index is 549. The summed E-state index contributed by atoms with van der Waals surface area (Å²) < 4.78 is 26.4. The van der Waals surface area contributed by atoms with Gasteiger partial charge in [-0.25, -0.2) is 8.42 Å². The lowest BCUT2D eigenvalue weighted by atomic mass is 10.00. The number of hydrogen-bond donors (Lipinski definition) is 2. The van der Waals surface area contributed by atoms with Crippen molar-refractivity contribution >= 4 is 15.7 Å². The Labute approximate surface area is 114 Å². The molecule has 0 radical (unpaired) electrons. The molecule has 6 heteroatoms. The van der Waals surface area contributed by atoms with Crippen molar-refractivity contribution in [2.75, 3.05) is 25.4 Å². The van der Waals surface area contributed by atoms with Crippen LogP contribution in [0.25, 0.3) is 0 Å². The van der Waals surface area contributed by atoms with Crippen molar-refractivity contribution in [2.45, 2.75) is 24.7 Å². The standard InChI is InChI=1S/C13H20N2O3S/c1-10-8-12(2-3-13(10)14)19(17,18)15-6-4-11(9-16)5-7-15/h2-3,8,11,16H,4-7,9,14H2,1H3. The van der Waals surface area contributed by atoms with E-state index in [1.54, 1.807) is 25.1 Å². The molecule has 1 aliphatic heterocycles. The van der Waals surface area contributed by atoms with Crippen LogP contribution in [0.4, 0.5) is 5.69 Å². The molecular weight excluding hydrogens is 264 g/mol. The first kappa shape index (κ1) is 14.3. The second-order valence-electron chi connectivity index (χ2n) is 5.05. The van der Waals surface area contributed by atoms with Crippen molar-refractivity contribution in [1.82, 2.24) is 4.31 Å². The van der Waals surface area contributed by atoms with Crippen molar-refractivity contribution in [3.05, 3.63) is 23.8 Å². The molecule has 0 atom stereocenters. The molecule has 0 aromatic heterocycles. The number of sulfonamides is 1. The molecule has 1 aliphatic rings. The van der Waals surface area contributed by atoms with E-state index in [4.69, 9.17) is 10.8 Å². The second-order valence-corrected chi connectivity index (χ2v) is 6.99. The number of piperidine rings is 1. The van der Waals surface area contributed by atoms with Gasteiger partial charge in [0.2, 0.25) is 10.0 Å². The molecule has 0 aliphatic carbocycles. The Hall–Kier alpha value is -1.11. The van der Waals surface area contributed by atoms with Crippen LogP contribution in [0.15, 0.2) is 23.1 Å². The summed E-state index contributed by atoms with van der Waals surface area (Å²) in [7, 11) is -3.44. The van der Waals surface area contributed by atoms with E-state index in [9.17, 15) is 8.42 Å². The lowest BCUT2D eigenvalue weighted by molar-refractivity contribution is 0.170. The summed E-state index contributed by atoms with van der Waals surface area (Å²) in [6, 6.07) is 4.79. The van der Waals surface area contributed by atoms with Crippen LogP contribution in [0.3, 0.4) is 0 Å². The number of rotatable bonds is 3. The molecule has 0 saturated carbocycles. The van der Waals surface area contributed by atoms with Crippen LogP contribution < -0.4 is 5.73 Å². The molecule has 0 bridgehead atoms. The van der Waals surface area contributed by atoms with Crippen molar-refractivity contribution in [1.29, 1.82) is 0 Å². The maximum atomic E-state index is 12.5. The van der Waals surface area contributed by atoms with Crippen molar-refractivity contribution in [3.8, 4) is 0 Å². The zero-order valence-corrected chi connectivity index (χ0v) is 11.9. The number of aliphatic hydroxyl groups excluding tert-OH is 1. The fraction of sp³-hybridized carbons (Fsp3) is 0.538. The van der Waals surface area contributed by atoms with Crippen molar-refractivity contribution in [2.24, 2.45) is 5.92 Å². The summed E-state index contributed by atoms with van der Waals surface area (Å²) in [6.07, 6.45) is 1.42. The number of nitrogen functional groups attached to an aromatic ring is 1. The summed E-state index contributed by atoms with van der Waals surface area (Å²) in [5, 5.41) is 9.08. The van der Waals surface area contributed by atoms with E-state index in [0.29, 0.717) is 36.5 Å². The van der Waals surface area contributed by atoms with E-state index < -0.39 is 10.0 Å². The highest BCUT2D eigenvalue weighted by molar-refractivity contribution is 7.89. The minimum Gasteiger partial charge on any atom is -0.399 e. The third kappa shape index (κ3) is 2.91. The number of aliphatic hydroxyl groups is 1. The van der Waals surface area contributed by atoms with Crippen molar-refractivity contribution in [3.63, 3.8) is 0 Å². The van der Waals surface area contributed by atoms with Crippen LogP contribution in [0.5, 0.6) is 0 Å². The molecule has 19 heavy (non-hydrogen) atoms. The monoisotopic (exact) mass is 284 g/mol. The summed E-state index contributed by atoms with van der Waals surface area (Å²) in [6.45, 7) is 2.87. The average Bonchev–Trinajstić information content (AvgIpc) is 2.41. The molecule has 3 N–H and O–H groups in total. The van der Waals surface area contributed by atoms with Crippen LogP contribution in [-0.2, 0) is 10.0 Å². The van der Waals surface area contributed by atoms with Gasteiger partial charge in [0.15, 0.2) is 0 Å². The summed E-state index contributed by atoms with van der Waals surface area (Å²) in [5.74, 6) is 0.222. The van der Waals surface area contributed by atoms with Gasteiger partial charge >= 0.3 is 0 Å². The van der Waals surface area contributed by atoms with Gasteiger partial charge in [-0.2, -0.15) is 4.31 Å². The fourth-order valence-electron chi connectivity index (χ4n) is 2.29. The van der Waals surface area contributed by atoms with Gasteiger partial charge in [0.1, 0.15) is 0 Å². The smallest absolute Gasteiger partial charge is 0.243 e. The summed E-state index contributed by atoms with van der Waals surface area (Å²) in [5.41, 5.74) is 7.08. The van der Waals surface area contributed by atoms with E-state index in [2.05, 4.69) is 0 Å². The SMILES string of the molecule is Cc1cc(S(=O)(=O)N2CCC(CO)CC2)ccc1N. The van der Waals surface area contributed by atoms with E-state index in [0.717, 1.165) is 5.56 Å². The van der Waals surface area contributed by atoms with E-state index in [-0.39, 0.29) is 12.5 Å². The number of aryl methyl sites for hydroxylation is 1. The second kappa shape index (κ2) is 5.48. The fourth-order valence-corrected chi connectivity index (χ4v) is 3.85. The highest BCUT2D eigenvalue weighted by atomic mass is 32.2. The maximum absolute atomic E-state index is 12.5. The van der Waals surface area contributed by atoms with Gasteiger partial charge in [-0.15, -0.1) is 0 Å². The summed E-state index contributed by atoms with van der Waals surface area (Å²) >= 11 is 0. The first-order chi connectivity index (χ1) is 8.95. The minimum atomic E-state index is -3.44. The third-order valence-electron chi connectivity index (χ3n) is 3.71. The zero-order valence-electron chi connectivity index (χ0n) is 11.0. The quantitative estimate of drug-likeness (QED) is 0.810. The Morgan fingerprint density at radius 2 is 2.00 bits per heavy atom. The lowest BCUT2D eigenvalue weighted by Gasteiger charge is -2.30. The molecule has 2 rings (SSSR count). The number of nitrogens with two attached hydrogens (primary N) is 1. The van der Waals surface area contributed by atoms with Crippen LogP contribution in [0.2, 0.25) is 0 Å². The van der Waals surface area contributed by atoms with Crippen LogP contribution in [0.1, 0.15) is 18.4 Å². The molecular formula is C13H20N2O3S. The lowest BCUT2D eigenvalue weighted by Crippen LogP contribution is -2.39. The van der Waals surface area contributed by atoms with Gasteiger partial charge in [-0.1, -0.05) is 0 Å².